The van der Waals surface area contributed by atoms with Crippen molar-refractivity contribution in [3.63, 3.8) is 0 Å². The number of nitriles is 1. The van der Waals surface area contributed by atoms with Gasteiger partial charge in [0.05, 0.1) is 11.3 Å². The summed E-state index contributed by atoms with van der Waals surface area (Å²) < 4.78 is 22.1. The van der Waals surface area contributed by atoms with Crippen molar-refractivity contribution in [2.24, 2.45) is 0 Å². The Morgan fingerprint density at radius 2 is 2.23 bits per heavy atom. The molecular formula is C7H7N3O2S. The Bertz CT molecular complexity index is 473. The molecule has 13 heavy (non-hydrogen) atoms. The second kappa shape index (κ2) is 3.03. The maximum absolute atomic E-state index is 11.0. The molecule has 0 aliphatic heterocycles. The molecule has 0 atom stereocenters. The van der Waals surface area contributed by atoms with Crippen LogP contribution in [0, 0.1) is 11.3 Å². The van der Waals surface area contributed by atoms with Gasteiger partial charge in [0.15, 0.2) is 14.9 Å². The van der Waals surface area contributed by atoms with Crippen LogP contribution in [-0.2, 0) is 9.84 Å². The van der Waals surface area contributed by atoms with Crippen molar-refractivity contribution in [1.29, 1.82) is 5.26 Å². The molecule has 0 aromatic carbocycles. The minimum Gasteiger partial charge on any atom is -0.396 e. The van der Waals surface area contributed by atoms with Crippen molar-refractivity contribution in [2.75, 3.05) is 12.0 Å². The summed E-state index contributed by atoms with van der Waals surface area (Å²) in [6.07, 6.45) is 2.19. The van der Waals surface area contributed by atoms with E-state index in [9.17, 15) is 8.42 Å². The number of nitrogens with zero attached hydrogens (tertiary/aromatic N) is 2. The molecule has 68 valence electrons. The molecule has 0 fully saturated rings. The van der Waals surface area contributed by atoms with Crippen molar-refractivity contribution in [1.82, 2.24) is 4.98 Å². The summed E-state index contributed by atoms with van der Waals surface area (Å²) in [5.74, 6) is 0. The van der Waals surface area contributed by atoms with Gasteiger partial charge in [-0.1, -0.05) is 0 Å². The minimum atomic E-state index is -3.40. The first-order chi connectivity index (χ1) is 5.95. The zero-order valence-electron chi connectivity index (χ0n) is 6.85. The SMILES string of the molecule is CS(=O)(=O)c1ncc(C#N)cc1N. The maximum atomic E-state index is 11.0. The maximum Gasteiger partial charge on any atom is 0.194 e. The Balaban J connectivity index is 3.40. The lowest BCUT2D eigenvalue weighted by atomic mass is 10.3. The van der Waals surface area contributed by atoms with Crippen LogP contribution in [0.4, 0.5) is 5.69 Å². The fourth-order valence-corrected chi connectivity index (χ4v) is 1.57. The number of nitrogen functional groups attached to an aromatic ring is 1. The van der Waals surface area contributed by atoms with E-state index in [0.717, 1.165) is 6.26 Å². The third-order valence-corrected chi connectivity index (χ3v) is 2.40. The van der Waals surface area contributed by atoms with E-state index in [4.69, 9.17) is 11.0 Å². The van der Waals surface area contributed by atoms with Crippen LogP contribution in [0.25, 0.3) is 0 Å². The topological polar surface area (TPSA) is 96.8 Å². The van der Waals surface area contributed by atoms with E-state index in [2.05, 4.69) is 4.98 Å². The summed E-state index contributed by atoms with van der Waals surface area (Å²) in [6, 6.07) is 3.09. The van der Waals surface area contributed by atoms with Crippen molar-refractivity contribution >= 4 is 15.5 Å². The van der Waals surface area contributed by atoms with Gasteiger partial charge in [-0.25, -0.2) is 13.4 Å². The van der Waals surface area contributed by atoms with Gasteiger partial charge in [-0.3, -0.25) is 0 Å². The number of rotatable bonds is 1. The van der Waals surface area contributed by atoms with E-state index in [1.807, 2.05) is 6.07 Å². The molecule has 0 amide bonds. The van der Waals surface area contributed by atoms with Crippen LogP contribution in [0.5, 0.6) is 0 Å². The van der Waals surface area contributed by atoms with Gasteiger partial charge >= 0.3 is 0 Å². The van der Waals surface area contributed by atoms with Gasteiger partial charge in [0.2, 0.25) is 0 Å². The smallest absolute Gasteiger partial charge is 0.194 e. The first kappa shape index (κ1) is 9.48. The Labute approximate surface area is 75.7 Å². The summed E-state index contributed by atoms with van der Waals surface area (Å²) in [5.41, 5.74) is 5.63. The van der Waals surface area contributed by atoms with E-state index in [1.54, 1.807) is 0 Å². The summed E-state index contributed by atoms with van der Waals surface area (Å²) in [7, 11) is -3.40. The molecule has 0 unspecified atom stereocenters. The lowest BCUT2D eigenvalue weighted by Crippen LogP contribution is -2.05. The van der Waals surface area contributed by atoms with Crippen LogP contribution in [0.15, 0.2) is 17.3 Å². The quantitative estimate of drug-likeness (QED) is 0.680. The molecule has 0 spiro atoms. The van der Waals surface area contributed by atoms with Crippen LogP contribution < -0.4 is 5.73 Å². The minimum absolute atomic E-state index is 0.00144. The molecule has 1 heterocycles. The van der Waals surface area contributed by atoms with Crippen molar-refractivity contribution < 1.29 is 8.42 Å². The van der Waals surface area contributed by atoms with E-state index in [0.29, 0.717) is 0 Å². The molecule has 2 N–H and O–H groups in total. The van der Waals surface area contributed by atoms with Crippen LogP contribution in [-0.4, -0.2) is 19.7 Å². The summed E-state index contributed by atoms with van der Waals surface area (Å²) in [6.45, 7) is 0. The molecule has 1 rings (SSSR count). The van der Waals surface area contributed by atoms with Crippen molar-refractivity contribution in [3.05, 3.63) is 17.8 Å². The Hall–Kier alpha value is -1.61. The third-order valence-electron chi connectivity index (χ3n) is 1.36. The first-order valence-electron chi connectivity index (χ1n) is 3.31. The summed E-state index contributed by atoms with van der Waals surface area (Å²) >= 11 is 0. The number of nitrogens with two attached hydrogens (primary N) is 1. The second-order valence-electron chi connectivity index (χ2n) is 2.50. The number of hydrogen-bond donors (Lipinski definition) is 1. The van der Waals surface area contributed by atoms with Crippen LogP contribution in [0.3, 0.4) is 0 Å². The number of aromatic nitrogens is 1. The van der Waals surface area contributed by atoms with Gasteiger partial charge < -0.3 is 5.73 Å². The average Bonchev–Trinajstić information content (AvgIpc) is 2.01. The van der Waals surface area contributed by atoms with Gasteiger partial charge in [0.1, 0.15) is 6.07 Å². The van der Waals surface area contributed by atoms with Gasteiger partial charge in [-0.15, -0.1) is 0 Å². The normalized spacial score (nSPS) is 10.8. The standard InChI is InChI=1S/C7H7N3O2S/c1-13(11,12)7-6(9)2-5(3-8)4-10-7/h2,4H,9H2,1H3. The summed E-state index contributed by atoms with van der Waals surface area (Å²) in [4.78, 5) is 3.58. The van der Waals surface area contributed by atoms with Gasteiger partial charge in [0.25, 0.3) is 0 Å². The molecule has 0 saturated heterocycles. The third kappa shape index (κ3) is 1.95. The molecule has 1 aromatic heterocycles. The Kier molecular flexibility index (Phi) is 2.21. The molecule has 6 heteroatoms. The molecule has 0 saturated carbocycles. The van der Waals surface area contributed by atoms with Crippen LogP contribution in [0.1, 0.15) is 5.56 Å². The fraction of sp³-hybridized carbons (Fsp3) is 0.143. The van der Waals surface area contributed by atoms with Crippen LogP contribution in [0.2, 0.25) is 0 Å². The lowest BCUT2D eigenvalue weighted by Gasteiger charge is -2.00. The molecule has 0 radical (unpaired) electrons. The second-order valence-corrected chi connectivity index (χ2v) is 4.43. The summed E-state index contributed by atoms with van der Waals surface area (Å²) in [5, 5.41) is 8.27. The zero-order valence-corrected chi connectivity index (χ0v) is 7.67. The predicted octanol–water partition coefficient (Wildman–Crippen LogP) is -0.0610. The number of pyridine rings is 1. The van der Waals surface area contributed by atoms with Gasteiger partial charge in [0, 0.05) is 12.5 Å². The van der Waals surface area contributed by atoms with E-state index < -0.39 is 9.84 Å². The fourth-order valence-electron chi connectivity index (χ4n) is 0.840. The largest absolute Gasteiger partial charge is 0.396 e. The Morgan fingerprint density at radius 1 is 1.62 bits per heavy atom. The van der Waals surface area contributed by atoms with Crippen molar-refractivity contribution in [3.8, 4) is 6.07 Å². The van der Waals surface area contributed by atoms with Gasteiger partial charge in [-0.2, -0.15) is 5.26 Å². The molecule has 1 aromatic rings. The highest BCUT2D eigenvalue weighted by Crippen LogP contribution is 2.15. The number of sulfone groups is 1. The zero-order chi connectivity index (χ0) is 10.1. The lowest BCUT2D eigenvalue weighted by molar-refractivity contribution is 0.599. The molecule has 5 nitrogen and oxygen atoms in total. The number of anilines is 1. The number of hydrogen-bond acceptors (Lipinski definition) is 5. The van der Waals surface area contributed by atoms with E-state index in [-0.39, 0.29) is 16.3 Å². The first-order valence-corrected chi connectivity index (χ1v) is 5.20. The highest BCUT2D eigenvalue weighted by atomic mass is 32.2. The Morgan fingerprint density at radius 3 is 2.62 bits per heavy atom. The molecule has 0 aliphatic carbocycles. The van der Waals surface area contributed by atoms with Gasteiger partial charge in [-0.05, 0) is 6.07 Å². The predicted molar refractivity (Wildman–Crippen MR) is 46.5 cm³/mol. The highest BCUT2D eigenvalue weighted by molar-refractivity contribution is 7.90. The van der Waals surface area contributed by atoms with Crippen LogP contribution >= 0.6 is 0 Å². The van der Waals surface area contributed by atoms with E-state index >= 15 is 0 Å². The monoisotopic (exact) mass is 197 g/mol. The molecule has 0 bridgehead atoms. The average molecular weight is 197 g/mol. The molecular weight excluding hydrogens is 190 g/mol. The van der Waals surface area contributed by atoms with E-state index in [1.165, 1.54) is 12.3 Å². The molecule has 0 aliphatic rings. The van der Waals surface area contributed by atoms with Crippen molar-refractivity contribution in [2.45, 2.75) is 5.03 Å². The highest BCUT2D eigenvalue weighted by Gasteiger charge is 2.13.